The van der Waals surface area contributed by atoms with Crippen molar-refractivity contribution in [2.24, 2.45) is 0 Å². The molecule has 0 N–H and O–H groups in total. The summed E-state index contributed by atoms with van der Waals surface area (Å²) in [4.78, 5) is 7.19. The van der Waals surface area contributed by atoms with Crippen LogP contribution in [0.4, 0.5) is 51.3 Å². The van der Waals surface area contributed by atoms with E-state index < -0.39 is 0 Å². The van der Waals surface area contributed by atoms with Gasteiger partial charge in [-0.25, -0.2) is 0 Å². The van der Waals surface area contributed by atoms with Gasteiger partial charge in [0.15, 0.2) is 0 Å². The van der Waals surface area contributed by atoms with E-state index in [1.54, 1.807) is 0 Å². The van der Waals surface area contributed by atoms with Crippen molar-refractivity contribution in [2.75, 3.05) is 14.7 Å². The van der Waals surface area contributed by atoms with Crippen molar-refractivity contribution < 1.29 is 0 Å². The lowest BCUT2D eigenvalue weighted by molar-refractivity contribution is 1.05. The van der Waals surface area contributed by atoms with Gasteiger partial charge in [0.25, 0.3) is 0 Å². The average molecular weight is 769 g/mol. The second-order valence-electron chi connectivity index (χ2n) is 15.0. The maximum Gasteiger partial charge on any atom is 0.148 e. The normalized spacial score (nSPS) is 11.9. The fourth-order valence-corrected chi connectivity index (χ4v) is 8.72. The van der Waals surface area contributed by atoms with Crippen molar-refractivity contribution in [3.8, 4) is 27.9 Å². The standard InChI is InChI=1S/C56H40N4/c1-6-18-45(19-7-1)57(46-20-8-2-9-21-46)50-37-34-42(35-38-50)41-30-32-43(33-31-41)44-36-39-53-54(40-44)60(49-26-14-5-15-27-49)56-55(58(53)47-22-10-3-11-23-47)51-28-16-17-29-52(51)59(56)48-24-12-4-13-25-48/h1-40H. The molecule has 0 saturated heterocycles. The van der Waals surface area contributed by atoms with Gasteiger partial charge in [-0.3, -0.25) is 9.47 Å². The van der Waals surface area contributed by atoms with Gasteiger partial charge in [0.05, 0.1) is 22.6 Å². The molecule has 0 radical (unpaired) electrons. The molecule has 0 fully saturated rings. The summed E-state index contributed by atoms with van der Waals surface area (Å²) in [5.41, 5.74) is 15.9. The third-order valence-corrected chi connectivity index (χ3v) is 11.5. The van der Waals surface area contributed by atoms with Crippen molar-refractivity contribution in [1.29, 1.82) is 0 Å². The van der Waals surface area contributed by atoms with Gasteiger partial charge in [0, 0.05) is 39.5 Å². The van der Waals surface area contributed by atoms with Crippen molar-refractivity contribution >= 4 is 62.2 Å². The zero-order chi connectivity index (χ0) is 39.8. The van der Waals surface area contributed by atoms with Crippen LogP contribution in [-0.2, 0) is 0 Å². The number of aromatic nitrogens is 1. The smallest absolute Gasteiger partial charge is 0.148 e. The molecule has 0 bridgehead atoms. The van der Waals surface area contributed by atoms with Gasteiger partial charge < -0.3 is 9.80 Å². The van der Waals surface area contributed by atoms with Crippen LogP contribution in [0.3, 0.4) is 0 Å². The molecule has 284 valence electrons. The number of benzene rings is 9. The van der Waals surface area contributed by atoms with Crippen molar-refractivity contribution in [3.05, 3.63) is 243 Å². The number of hydrogen-bond acceptors (Lipinski definition) is 3. The maximum absolute atomic E-state index is 2.45. The van der Waals surface area contributed by atoms with Crippen LogP contribution in [0.5, 0.6) is 0 Å². The molecule has 60 heavy (non-hydrogen) atoms. The molecule has 0 atom stereocenters. The zero-order valence-electron chi connectivity index (χ0n) is 32.9. The first-order valence-electron chi connectivity index (χ1n) is 20.4. The van der Waals surface area contributed by atoms with Gasteiger partial charge in [-0.15, -0.1) is 0 Å². The van der Waals surface area contributed by atoms with Crippen molar-refractivity contribution in [3.63, 3.8) is 0 Å². The Morgan fingerprint density at radius 3 is 1.28 bits per heavy atom. The largest absolute Gasteiger partial charge is 0.311 e. The average Bonchev–Trinajstić information content (AvgIpc) is 3.67. The highest BCUT2D eigenvalue weighted by atomic mass is 15.3. The van der Waals surface area contributed by atoms with E-state index in [2.05, 4.69) is 262 Å². The van der Waals surface area contributed by atoms with Crippen molar-refractivity contribution in [1.82, 2.24) is 4.57 Å². The van der Waals surface area contributed by atoms with E-state index in [4.69, 9.17) is 0 Å². The van der Waals surface area contributed by atoms with Gasteiger partial charge in [0.2, 0.25) is 0 Å². The van der Waals surface area contributed by atoms with E-state index in [1.165, 1.54) is 16.5 Å². The first-order chi connectivity index (χ1) is 29.8. The molecule has 1 aliphatic heterocycles. The van der Waals surface area contributed by atoms with Crippen LogP contribution in [0.25, 0.3) is 38.8 Å². The molecule has 9 aromatic carbocycles. The van der Waals surface area contributed by atoms with E-state index in [-0.39, 0.29) is 0 Å². The van der Waals surface area contributed by atoms with E-state index in [0.29, 0.717) is 0 Å². The number of hydrogen-bond donors (Lipinski definition) is 0. The molecule has 4 heteroatoms. The van der Waals surface area contributed by atoms with Crippen LogP contribution in [-0.4, -0.2) is 4.57 Å². The number of nitrogens with zero attached hydrogens (tertiary/aromatic N) is 4. The third-order valence-electron chi connectivity index (χ3n) is 11.5. The topological polar surface area (TPSA) is 14.7 Å². The lowest BCUT2D eigenvalue weighted by Gasteiger charge is -2.40. The van der Waals surface area contributed by atoms with E-state index in [9.17, 15) is 0 Å². The van der Waals surface area contributed by atoms with Crippen LogP contribution in [0, 0.1) is 0 Å². The SMILES string of the molecule is c1ccc(N(c2ccccc2)c2ccc(-c3ccc(-c4ccc5c(c4)N(c4ccccc4)c4c(c6ccccc6n4-c4ccccc4)N5c4ccccc4)cc3)cc2)cc1. The van der Waals surface area contributed by atoms with E-state index >= 15 is 0 Å². The number of anilines is 9. The van der Waals surface area contributed by atoms with Crippen LogP contribution in [0.2, 0.25) is 0 Å². The highest BCUT2D eigenvalue weighted by molar-refractivity contribution is 6.13. The molecule has 4 nitrogen and oxygen atoms in total. The maximum atomic E-state index is 2.45. The molecule has 0 saturated carbocycles. The van der Waals surface area contributed by atoms with E-state index in [0.717, 1.165) is 73.6 Å². The Kier molecular flexibility index (Phi) is 8.79. The summed E-state index contributed by atoms with van der Waals surface area (Å²) in [6.07, 6.45) is 0. The fourth-order valence-electron chi connectivity index (χ4n) is 8.72. The monoisotopic (exact) mass is 768 g/mol. The highest BCUT2D eigenvalue weighted by Crippen LogP contribution is 2.58. The fraction of sp³-hybridized carbons (Fsp3) is 0. The van der Waals surface area contributed by atoms with Gasteiger partial charge in [-0.05, 0) is 113 Å². The van der Waals surface area contributed by atoms with Gasteiger partial charge in [-0.1, -0.05) is 152 Å². The molecule has 0 spiro atoms. The second kappa shape index (κ2) is 15.0. The summed E-state index contributed by atoms with van der Waals surface area (Å²) in [5, 5.41) is 1.19. The number of para-hydroxylation sites is 6. The molecule has 1 aromatic heterocycles. The highest BCUT2D eigenvalue weighted by Gasteiger charge is 2.36. The zero-order valence-corrected chi connectivity index (χ0v) is 32.9. The molecule has 0 aliphatic carbocycles. The van der Waals surface area contributed by atoms with Crippen LogP contribution in [0.15, 0.2) is 243 Å². The molecule has 0 amide bonds. The van der Waals surface area contributed by atoms with E-state index in [1.807, 2.05) is 0 Å². The van der Waals surface area contributed by atoms with Gasteiger partial charge in [0.1, 0.15) is 5.82 Å². The Hall–Kier alpha value is -8.08. The summed E-state index contributed by atoms with van der Waals surface area (Å²) < 4.78 is 2.42. The molecule has 2 heterocycles. The number of fused-ring (bicyclic) bond motifs is 4. The molecular weight excluding hydrogens is 729 g/mol. The minimum Gasteiger partial charge on any atom is -0.311 e. The lowest BCUT2D eigenvalue weighted by Crippen LogP contribution is -2.25. The summed E-state index contributed by atoms with van der Waals surface area (Å²) in [6, 6.07) is 86.9. The minimum absolute atomic E-state index is 1.10. The quantitative estimate of drug-likeness (QED) is 0.153. The van der Waals surface area contributed by atoms with Gasteiger partial charge in [-0.2, -0.15) is 0 Å². The van der Waals surface area contributed by atoms with Crippen LogP contribution >= 0.6 is 0 Å². The summed E-state index contributed by atoms with van der Waals surface area (Å²) >= 11 is 0. The van der Waals surface area contributed by atoms with Crippen molar-refractivity contribution in [2.45, 2.75) is 0 Å². The molecule has 11 rings (SSSR count). The Bertz CT molecular complexity index is 3010. The Labute approximate surface area is 350 Å². The predicted molar refractivity (Wildman–Crippen MR) is 252 cm³/mol. The summed E-state index contributed by atoms with van der Waals surface area (Å²) in [7, 11) is 0. The van der Waals surface area contributed by atoms with Gasteiger partial charge >= 0.3 is 0 Å². The Morgan fingerprint density at radius 2 is 0.717 bits per heavy atom. The summed E-state index contributed by atoms with van der Waals surface area (Å²) in [5.74, 6) is 1.10. The Morgan fingerprint density at radius 1 is 0.300 bits per heavy atom. The third kappa shape index (κ3) is 6.10. The first kappa shape index (κ1) is 35.1. The van der Waals surface area contributed by atoms with Crippen LogP contribution < -0.4 is 14.7 Å². The molecule has 10 aromatic rings. The summed E-state index contributed by atoms with van der Waals surface area (Å²) in [6.45, 7) is 0. The second-order valence-corrected chi connectivity index (χ2v) is 15.0. The Balaban J connectivity index is 1.02. The molecular formula is C56H40N4. The lowest BCUT2D eigenvalue weighted by atomic mass is 9.98. The minimum atomic E-state index is 1.10. The molecule has 0 unspecified atom stereocenters. The molecule has 1 aliphatic rings. The number of rotatable bonds is 8. The predicted octanol–water partition coefficient (Wildman–Crippen LogP) is 15.7. The first-order valence-corrected chi connectivity index (χ1v) is 20.4. The van der Waals surface area contributed by atoms with Crippen LogP contribution in [0.1, 0.15) is 0 Å².